The minimum Gasteiger partial charge on any atom is -0.373 e. The molecule has 0 bridgehead atoms. The molecule has 0 aromatic carbocycles. The fourth-order valence-electron chi connectivity index (χ4n) is 2.84. The number of nitrogens with one attached hydrogen (secondary N) is 1. The second-order valence-corrected chi connectivity index (χ2v) is 5.12. The topological polar surface area (TPSA) is 88.4 Å². The predicted octanol–water partition coefficient (Wildman–Crippen LogP) is 2.44. The van der Waals surface area contributed by atoms with Crippen molar-refractivity contribution in [3.63, 3.8) is 0 Å². The highest BCUT2D eigenvalue weighted by atomic mass is 16.6. The van der Waals surface area contributed by atoms with Gasteiger partial charge in [0.2, 0.25) is 0 Å². The van der Waals surface area contributed by atoms with Crippen LogP contribution in [0.15, 0.2) is 12.3 Å². The van der Waals surface area contributed by atoms with E-state index < -0.39 is 4.92 Å². The molecule has 0 unspecified atom stereocenters. The zero-order valence-electron chi connectivity index (χ0n) is 12.3. The number of pyridine rings is 1. The lowest BCUT2D eigenvalue weighted by molar-refractivity contribution is -0.385. The Morgan fingerprint density at radius 3 is 2.71 bits per heavy atom. The largest absolute Gasteiger partial charge is 0.373 e. The number of anilines is 1. The van der Waals surface area contributed by atoms with Crippen molar-refractivity contribution in [3.8, 4) is 0 Å². The van der Waals surface area contributed by atoms with E-state index in [-0.39, 0.29) is 23.2 Å². The zero-order chi connectivity index (χ0) is 15.4. The number of carbonyl (C=O) groups is 1. The maximum Gasteiger partial charge on any atom is 0.300 e. The fourth-order valence-corrected chi connectivity index (χ4v) is 2.84. The first-order valence-corrected chi connectivity index (χ1v) is 7.21. The average molecular weight is 292 g/mol. The zero-order valence-corrected chi connectivity index (χ0v) is 12.3. The van der Waals surface area contributed by atoms with Crippen LogP contribution in [0, 0.1) is 10.1 Å². The van der Waals surface area contributed by atoms with Crippen LogP contribution in [0.1, 0.15) is 43.0 Å². The lowest BCUT2D eigenvalue weighted by Crippen LogP contribution is -2.39. The third kappa shape index (κ3) is 3.12. The van der Waals surface area contributed by atoms with Gasteiger partial charge in [-0.1, -0.05) is 12.8 Å². The van der Waals surface area contributed by atoms with Crippen LogP contribution >= 0.6 is 0 Å². The highest BCUT2D eigenvalue weighted by molar-refractivity contribution is 5.98. The van der Waals surface area contributed by atoms with E-state index in [9.17, 15) is 14.9 Å². The smallest absolute Gasteiger partial charge is 0.300 e. The molecule has 0 aliphatic heterocycles. The van der Waals surface area contributed by atoms with Crippen molar-refractivity contribution < 1.29 is 9.72 Å². The predicted molar refractivity (Wildman–Crippen MR) is 79.4 cm³/mol. The molecule has 7 nitrogen and oxygen atoms in total. The van der Waals surface area contributed by atoms with Crippen LogP contribution in [0.4, 0.5) is 11.5 Å². The molecule has 1 aromatic rings. The van der Waals surface area contributed by atoms with Gasteiger partial charge in [0.1, 0.15) is 17.6 Å². The Labute approximate surface area is 123 Å². The summed E-state index contributed by atoms with van der Waals surface area (Å²) >= 11 is 0. The van der Waals surface area contributed by atoms with Crippen molar-refractivity contribution in [2.24, 2.45) is 0 Å². The minimum absolute atomic E-state index is 0.105. The van der Waals surface area contributed by atoms with Crippen molar-refractivity contribution in [1.82, 2.24) is 9.88 Å². The Morgan fingerprint density at radius 2 is 2.19 bits per heavy atom. The van der Waals surface area contributed by atoms with Gasteiger partial charge >= 0.3 is 0 Å². The number of rotatable bonds is 5. The third-order valence-corrected chi connectivity index (χ3v) is 3.93. The van der Waals surface area contributed by atoms with Gasteiger partial charge in [0.25, 0.3) is 11.6 Å². The highest BCUT2D eigenvalue weighted by Crippen LogP contribution is 2.28. The molecular formula is C14H20N4O3. The van der Waals surface area contributed by atoms with Gasteiger partial charge in [-0.15, -0.1) is 0 Å². The van der Waals surface area contributed by atoms with Crippen molar-refractivity contribution in [2.75, 3.05) is 18.9 Å². The fraction of sp³-hybridized carbons (Fsp3) is 0.571. The monoisotopic (exact) mass is 292 g/mol. The Hall–Kier alpha value is -2.18. The van der Waals surface area contributed by atoms with Crippen LogP contribution in [0.5, 0.6) is 0 Å². The maximum absolute atomic E-state index is 12.7. The van der Waals surface area contributed by atoms with Gasteiger partial charge in [-0.05, 0) is 19.8 Å². The summed E-state index contributed by atoms with van der Waals surface area (Å²) in [6, 6.07) is 1.64. The van der Waals surface area contributed by atoms with Crippen molar-refractivity contribution in [3.05, 3.63) is 27.9 Å². The van der Waals surface area contributed by atoms with Crippen LogP contribution in [0.3, 0.4) is 0 Å². The van der Waals surface area contributed by atoms with Crippen LogP contribution < -0.4 is 5.32 Å². The number of amides is 1. The first-order valence-electron chi connectivity index (χ1n) is 7.21. The van der Waals surface area contributed by atoms with Gasteiger partial charge in [0.15, 0.2) is 0 Å². The molecule has 1 aliphatic rings. The second kappa shape index (κ2) is 6.51. The Kier molecular flexibility index (Phi) is 4.72. The van der Waals surface area contributed by atoms with Gasteiger partial charge in [0.05, 0.1) is 4.92 Å². The van der Waals surface area contributed by atoms with Gasteiger partial charge in [-0.25, -0.2) is 4.98 Å². The maximum atomic E-state index is 12.7. The molecule has 2 rings (SSSR count). The van der Waals surface area contributed by atoms with Gasteiger partial charge in [-0.2, -0.15) is 0 Å². The van der Waals surface area contributed by atoms with Gasteiger partial charge in [0, 0.05) is 25.7 Å². The molecule has 1 aliphatic carbocycles. The quantitative estimate of drug-likeness (QED) is 0.665. The van der Waals surface area contributed by atoms with Crippen LogP contribution in [0.25, 0.3) is 0 Å². The normalized spacial score (nSPS) is 15.0. The third-order valence-electron chi connectivity index (χ3n) is 3.93. The van der Waals surface area contributed by atoms with E-state index in [0.717, 1.165) is 31.9 Å². The number of hydrogen-bond acceptors (Lipinski definition) is 5. The SMILES string of the molecule is CCN(C(=O)c1cc(NC)ncc1[N+](=O)[O-])C1CCCC1. The van der Waals surface area contributed by atoms with E-state index in [0.29, 0.717) is 12.4 Å². The number of carbonyl (C=O) groups excluding carboxylic acids is 1. The highest BCUT2D eigenvalue weighted by Gasteiger charge is 2.30. The molecule has 1 N–H and O–H groups in total. The van der Waals surface area contributed by atoms with E-state index in [1.165, 1.54) is 6.07 Å². The molecule has 1 saturated carbocycles. The first-order chi connectivity index (χ1) is 10.1. The summed E-state index contributed by atoms with van der Waals surface area (Å²) in [4.78, 5) is 29.0. The second-order valence-electron chi connectivity index (χ2n) is 5.12. The van der Waals surface area contributed by atoms with E-state index >= 15 is 0 Å². The van der Waals surface area contributed by atoms with Crippen LogP contribution in [0.2, 0.25) is 0 Å². The summed E-state index contributed by atoms with van der Waals surface area (Å²) in [7, 11) is 1.66. The molecule has 114 valence electrons. The summed E-state index contributed by atoms with van der Waals surface area (Å²) < 4.78 is 0. The molecule has 0 radical (unpaired) electrons. The van der Waals surface area contributed by atoms with E-state index in [1.54, 1.807) is 11.9 Å². The van der Waals surface area contributed by atoms with Crippen molar-refractivity contribution in [2.45, 2.75) is 38.6 Å². The minimum atomic E-state index is -0.553. The molecule has 0 spiro atoms. The molecule has 1 heterocycles. The lowest BCUT2D eigenvalue weighted by atomic mass is 10.1. The molecular weight excluding hydrogens is 272 g/mol. The number of nitrogens with zero attached hydrogens (tertiary/aromatic N) is 3. The summed E-state index contributed by atoms with van der Waals surface area (Å²) in [6.07, 6.45) is 5.29. The summed E-state index contributed by atoms with van der Waals surface area (Å²) in [5.41, 5.74) is -0.136. The number of hydrogen-bond donors (Lipinski definition) is 1. The summed E-state index contributed by atoms with van der Waals surface area (Å²) in [5, 5.41) is 13.9. The Morgan fingerprint density at radius 1 is 1.52 bits per heavy atom. The summed E-state index contributed by atoms with van der Waals surface area (Å²) in [5.74, 6) is 0.168. The Bertz CT molecular complexity index is 541. The van der Waals surface area contributed by atoms with E-state index in [1.807, 2.05) is 6.92 Å². The molecule has 1 fully saturated rings. The average Bonchev–Trinajstić information content (AvgIpc) is 3.01. The first kappa shape index (κ1) is 15.2. The van der Waals surface area contributed by atoms with Crippen LogP contribution in [-0.2, 0) is 0 Å². The number of aromatic nitrogens is 1. The number of nitro groups is 1. The Balaban J connectivity index is 2.37. The summed E-state index contributed by atoms with van der Waals surface area (Å²) in [6.45, 7) is 2.46. The van der Waals surface area contributed by atoms with Crippen molar-refractivity contribution >= 4 is 17.4 Å². The molecule has 0 saturated heterocycles. The van der Waals surface area contributed by atoms with Gasteiger partial charge < -0.3 is 10.2 Å². The standard InChI is InChI=1S/C14H20N4O3/c1-3-17(10-6-4-5-7-10)14(19)11-8-13(15-2)16-9-12(11)18(20)21/h8-10H,3-7H2,1-2H3,(H,15,16). The van der Waals surface area contributed by atoms with E-state index in [2.05, 4.69) is 10.3 Å². The molecule has 21 heavy (non-hydrogen) atoms. The van der Waals surface area contributed by atoms with Crippen molar-refractivity contribution in [1.29, 1.82) is 0 Å². The molecule has 1 amide bonds. The molecule has 1 aromatic heterocycles. The lowest BCUT2D eigenvalue weighted by Gasteiger charge is -2.27. The molecule has 0 atom stereocenters. The van der Waals surface area contributed by atoms with Gasteiger partial charge in [-0.3, -0.25) is 14.9 Å². The van der Waals surface area contributed by atoms with Crippen LogP contribution in [-0.4, -0.2) is 40.3 Å². The molecule has 7 heteroatoms. The van der Waals surface area contributed by atoms with E-state index in [4.69, 9.17) is 0 Å².